The van der Waals surface area contributed by atoms with Crippen molar-refractivity contribution in [3.8, 4) is 5.75 Å². The molecule has 2 aromatic carbocycles. The summed E-state index contributed by atoms with van der Waals surface area (Å²) in [6, 6.07) is 6.53. The lowest BCUT2D eigenvalue weighted by Gasteiger charge is -2.25. The van der Waals surface area contributed by atoms with Crippen LogP contribution < -0.4 is 10.5 Å². The molecule has 10 heteroatoms. The number of nitrogens with two attached hydrogens (primary N) is 1. The van der Waals surface area contributed by atoms with Crippen molar-refractivity contribution in [2.24, 2.45) is 5.14 Å². The third kappa shape index (κ3) is 6.76. The minimum absolute atomic E-state index is 0.0251. The number of amides is 1. The van der Waals surface area contributed by atoms with Gasteiger partial charge in [0.1, 0.15) is 23.2 Å². The Morgan fingerprint density at radius 1 is 1.19 bits per heavy atom. The summed E-state index contributed by atoms with van der Waals surface area (Å²) in [6.07, 6.45) is 0.0251. The van der Waals surface area contributed by atoms with Gasteiger partial charge < -0.3 is 15.2 Å². The van der Waals surface area contributed by atoms with E-state index >= 15 is 0 Å². The zero-order valence-electron chi connectivity index (χ0n) is 17.6. The lowest BCUT2D eigenvalue weighted by atomic mass is 10.0. The monoisotopic (exact) mass is 452 g/mol. The molecule has 0 fully saturated rings. The Hall–Kier alpha value is -2.98. The number of rotatable bonds is 6. The first-order chi connectivity index (χ1) is 14.2. The molecule has 2 rings (SSSR count). The van der Waals surface area contributed by atoms with Gasteiger partial charge in [0.25, 0.3) is 5.91 Å². The van der Waals surface area contributed by atoms with Gasteiger partial charge in [-0.25, -0.2) is 22.7 Å². The fourth-order valence-electron chi connectivity index (χ4n) is 2.72. The van der Waals surface area contributed by atoms with Crippen LogP contribution in [0.5, 0.6) is 5.75 Å². The molecule has 0 aliphatic heterocycles. The highest BCUT2D eigenvalue weighted by Crippen LogP contribution is 2.20. The van der Waals surface area contributed by atoms with Gasteiger partial charge in [-0.2, -0.15) is 0 Å². The Morgan fingerprint density at radius 3 is 2.29 bits per heavy atom. The van der Waals surface area contributed by atoms with E-state index in [0.29, 0.717) is 5.56 Å². The summed E-state index contributed by atoms with van der Waals surface area (Å²) in [7, 11) is -4.25. The van der Waals surface area contributed by atoms with Crippen LogP contribution in [0, 0.1) is 12.7 Å². The van der Waals surface area contributed by atoms with E-state index in [4.69, 9.17) is 9.88 Å². The van der Waals surface area contributed by atoms with Crippen LogP contribution in [0.25, 0.3) is 0 Å². The Morgan fingerprint density at radius 2 is 1.77 bits per heavy atom. The Labute approximate surface area is 180 Å². The second kappa shape index (κ2) is 9.03. The van der Waals surface area contributed by atoms with Crippen LogP contribution in [0.15, 0.2) is 41.3 Å². The highest BCUT2D eigenvalue weighted by molar-refractivity contribution is 7.89. The number of carbonyl (C=O) groups excluding carboxylic acids is 2. The maximum absolute atomic E-state index is 14.2. The van der Waals surface area contributed by atoms with E-state index in [1.54, 1.807) is 32.9 Å². The van der Waals surface area contributed by atoms with E-state index in [0.717, 1.165) is 12.1 Å². The number of benzene rings is 2. The molecule has 31 heavy (non-hydrogen) atoms. The third-order valence-corrected chi connectivity index (χ3v) is 5.16. The highest BCUT2D eigenvalue weighted by atomic mass is 32.2. The standard InChI is InChI=1S/C21H25FN2O6S/c1-12-16(10-15(11-17(12)22)31(23,28)29)19(26)24-18(20(27)30-21(2,3)4)9-13-5-7-14(25)8-6-13/h5-8,10-11,18,25H,9H2,1-4H3,(H,24,26)(H2,23,28,29)/t18-/m0/s1. The smallest absolute Gasteiger partial charge is 0.329 e. The summed E-state index contributed by atoms with van der Waals surface area (Å²) in [5, 5.41) is 17.0. The lowest BCUT2D eigenvalue weighted by Crippen LogP contribution is -2.45. The van der Waals surface area contributed by atoms with Gasteiger partial charge in [-0.15, -0.1) is 0 Å². The van der Waals surface area contributed by atoms with Crippen LogP contribution in [0.4, 0.5) is 4.39 Å². The number of hydrogen-bond acceptors (Lipinski definition) is 6. The minimum Gasteiger partial charge on any atom is -0.508 e. The van der Waals surface area contributed by atoms with Crippen molar-refractivity contribution in [3.05, 3.63) is 58.9 Å². The number of esters is 1. The molecule has 168 valence electrons. The van der Waals surface area contributed by atoms with Gasteiger partial charge in [0.05, 0.1) is 4.90 Å². The van der Waals surface area contributed by atoms with Crippen LogP contribution >= 0.6 is 0 Å². The maximum Gasteiger partial charge on any atom is 0.329 e. The first kappa shape index (κ1) is 24.3. The molecule has 1 atom stereocenters. The summed E-state index contributed by atoms with van der Waals surface area (Å²) in [6.45, 7) is 6.30. The third-order valence-electron chi connectivity index (χ3n) is 4.26. The molecule has 0 aliphatic carbocycles. The Bertz CT molecular complexity index is 1090. The van der Waals surface area contributed by atoms with Gasteiger partial charge in [0.2, 0.25) is 10.0 Å². The molecular weight excluding hydrogens is 427 g/mol. The average molecular weight is 453 g/mol. The molecule has 4 N–H and O–H groups in total. The number of hydrogen-bond donors (Lipinski definition) is 3. The molecule has 0 aromatic heterocycles. The van der Waals surface area contributed by atoms with E-state index in [-0.39, 0.29) is 23.3 Å². The second-order valence-corrected chi connectivity index (χ2v) is 9.61. The summed E-state index contributed by atoms with van der Waals surface area (Å²) >= 11 is 0. The predicted molar refractivity (Wildman–Crippen MR) is 111 cm³/mol. The van der Waals surface area contributed by atoms with E-state index < -0.39 is 44.3 Å². The Balaban J connectivity index is 2.39. The van der Waals surface area contributed by atoms with Crippen LogP contribution in [0.2, 0.25) is 0 Å². The normalized spacial score (nSPS) is 12.8. The van der Waals surface area contributed by atoms with Gasteiger partial charge in [-0.05, 0) is 63.1 Å². The molecule has 0 spiro atoms. The summed E-state index contributed by atoms with van der Waals surface area (Å²) in [5.74, 6) is -2.48. The van der Waals surface area contributed by atoms with Crippen molar-refractivity contribution < 1.29 is 32.2 Å². The first-order valence-corrected chi connectivity index (χ1v) is 10.9. The largest absolute Gasteiger partial charge is 0.508 e. The number of primary sulfonamides is 1. The second-order valence-electron chi connectivity index (χ2n) is 8.05. The van der Waals surface area contributed by atoms with Crippen LogP contribution in [0.3, 0.4) is 0 Å². The van der Waals surface area contributed by atoms with Gasteiger partial charge in [-0.3, -0.25) is 4.79 Å². The number of halogens is 1. The van der Waals surface area contributed by atoms with Crippen LogP contribution in [0.1, 0.15) is 42.3 Å². The van der Waals surface area contributed by atoms with Crippen molar-refractivity contribution in [3.63, 3.8) is 0 Å². The topological polar surface area (TPSA) is 136 Å². The molecule has 2 aromatic rings. The van der Waals surface area contributed by atoms with Gasteiger partial charge in [0, 0.05) is 12.0 Å². The number of carbonyl (C=O) groups is 2. The van der Waals surface area contributed by atoms with Crippen molar-refractivity contribution in [2.45, 2.75) is 50.7 Å². The van der Waals surface area contributed by atoms with Gasteiger partial charge in [0.15, 0.2) is 0 Å². The number of nitrogens with one attached hydrogen (secondary N) is 1. The van der Waals surface area contributed by atoms with E-state index in [9.17, 15) is 27.5 Å². The fraction of sp³-hybridized carbons (Fsp3) is 0.333. The molecular formula is C21H25FN2O6S. The lowest BCUT2D eigenvalue weighted by molar-refractivity contribution is -0.157. The molecule has 0 unspecified atom stereocenters. The van der Waals surface area contributed by atoms with Crippen LogP contribution in [-0.4, -0.2) is 37.0 Å². The SMILES string of the molecule is Cc1c(F)cc(S(N)(=O)=O)cc1C(=O)N[C@@H](Cc1ccc(O)cc1)C(=O)OC(C)(C)C. The Kier molecular flexibility index (Phi) is 7.07. The first-order valence-electron chi connectivity index (χ1n) is 9.32. The van der Waals surface area contributed by atoms with Crippen molar-refractivity contribution in [1.82, 2.24) is 5.32 Å². The zero-order valence-corrected chi connectivity index (χ0v) is 18.4. The van der Waals surface area contributed by atoms with Gasteiger partial charge >= 0.3 is 5.97 Å². The summed E-state index contributed by atoms with van der Waals surface area (Å²) < 4.78 is 42.8. The molecule has 0 aliphatic rings. The highest BCUT2D eigenvalue weighted by Gasteiger charge is 2.28. The van der Waals surface area contributed by atoms with E-state index in [1.165, 1.54) is 19.1 Å². The molecule has 0 saturated carbocycles. The number of phenols is 1. The molecule has 0 radical (unpaired) electrons. The van der Waals surface area contributed by atoms with Crippen LogP contribution in [-0.2, 0) is 26.0 Å². The van der Waals surface area contributed by atoms with E-state index in [2.05, 4.69) is 5.32 Å². The summed E-state index contributed by atoms with van der Waals surface area (Å²) in [5.41, 5.74) is -0.583. The number of ether oxygens (including phenoxy) is 1. The average Bonchev–Trinajstić information content (AvgIpc) is 2.62. The number of sulfonamides is 1. The minimum atomic E-state index is -4.25. The van der Waals surface area contributed by atoms with Crippen molar-refractivity contribution in [1.29, 1.82) is 0 Å². The van der Waals surface area contributed by atoms with Crippen molar-refractivity contribution in [2.75, 3.05) is 0 Å². The fourth-order valence-corrected chi connectivity index (χ4v) is 3.27. The number of aromatic hydroxyl groups is 1. The van der Waals surface area contributed by atoms with Crippen molar-refractivity contribution >= 4 is 21.9 Å². The zero-order chi connectivity index (χ0) is 23.6. The maximum atomic E-state index is 14.2. The summed E-state index contributed by atoms with van der Waals surface area (Å²) in [4.78, 5) is 25.0. The molecule has 0 bridgehead atoms. The molecule has 0 saturated heterocycles. The molecule has 0 heterocycles. The van der Waals surface area contributed by atoms with E-state index in [1.807, 2.05) is 0 Å². The molecule has 8 nitrogen and oxygen atoms in total. The number of phenolic OH excluding ortho intramolecular Hbond substituents is 1. The molecule has 1 amide bonds. The predicted octanol–water partition coefficient (Wildman–Crippen LogP) is 2.17. The quantitative estimate of drug-likeness (QED) is 0.575. The van der Waals surface area contributed by atoms with Gasteiger partial charge in [-0.1, -0.05) is 12.1 Å².